The van der Waals surface area contributed by atoms with Crippen molar-refractivity contribution < 1.29 is 24.8 Å². The van der Waals surface area contributed by atoms with Gasteiger partial charge in [0.25, 0.3) is 5.91 Å². The van der Waals surface area contributed by atoms with Crippen LogP contribution in [0.1, 0.15) is 39.0 Å². The molecule has 2 rings (SSSR count). The van der Waals surface area contributed by atoms with Crippen LogP contribution in [0.15, 0.2) is 17.1 Å². The van der Waals surface area contributed by atoms with Crippen molar-refractivity contribution in [2.45, 2.75) is 63.3 Å². The molecule has 0 radical (unpaired) electrons. The number of hydrogen-bond acceptors (Lipinski definition) is 9. The summed E-state index contributed by atoms with van der Waals surface area (Å²) in [6.45, 7) is 3.59. The predicted octanol–water partition coefficient (Wildman–Crippen LogP) is -0.875. The summed E-state index contributed by atoms with van der Waals surface area (Å²) in [6, 6.07) is 1.36. The van der Waals surface area contributed by atoms with Crippen LogP contribution in [-0.2, 0) is 15.4 Å². The van der Waals surface area contributed by atoms with Gasteiger partial charge in [-0.05, 0) is 38.4 Å². The van der Waals surface area contributed by atoms with Crippen LogP contribution in [-0.4, -0.2) is 69.5 Å². The lowest BCUT2D eigenvalue weighted by Gasteiger charge is -2.33. The maximum atomic E-state index is 12.3. The number of aliphatic hydroxyl groups is 3. The fourth-order valence-electron chi connectivity index (χ4n) is 3.16. The number of hydrogen-bond donors (Lipinski definition) is 5. The molecule has 0 bridgehead atoms. The number of rotatable bonds is 12. The third kappa shape index (κ3) is 5.28. The first kappa shape index (κ1) is 22.7. The zero-order chi connectivity index (χ0) is 20.6. The molecule has 160 valence electrons. The largest absolute Gasteiger partial charge is 0.394 e. The van der Waals surface area contributed by atoms with Crippen molar-refractivity contribution in [2.75, 3.05) is 32.0 Å². The van der Waals surface area contributed by atoms with Crippen LogP contribution in [0.5, 0.6) is 0 Å². The summed E-state index contributed by atoms with van der Waals surface area (Å²) in [7, 11) is 0. The minimum atomic E-state index is -1.97. The van der Waals surface area contributed by atoms with E-state index in [0.717, 1.165) is 30.5 Å². The van der Waals surface area contributed by atoms with Crippen LogP contribution in [0.4, 0.5) is 5.82 Å². The third-order valence-corrected chi connectivity index (χ3v) is 4.75. The molecule has 1 saturated heterocycles. The Morgan fingerprint density at radius 1 is 1.32 bits per heavy atom. The molecular weight excluding hydrogens is 368 g/mol. The van der Waals surface area contributed by atoms with E-state index in [1.807, 2.05) is 0 Å². The maximum Gasteiger partial charge on any atom is 0.353 e. The lowest BCUT2D eigenvalue weighted by Crippen LogP contribution is -2.52. The average molecular weight is 400 g/mol. The van der Waals surface area contributed by atoms with Gasteiger partial charge in [0.2, 0.25) is 0 Å². The number of nitrogens with zero attached hydrogens (tertiary/aromatic N) is 2. The molecular formula is C18H32N4O6. The second kappa shape index (κ2) is 10.8. The van der Waals surface area contributed by atoms with Crippen LogP contribution in [0.2, 0.25) is 0 Å². The van der Waals surface area contributed by atoms with Crippen molar-refractivity contribution in [1.29, 1.82) is 0 Å². The number of aromatic nitrogens is 2. The summed E-state index contributed by atoms with van der Waals surface area (Å²) >= 11 is 0. The van der Waals surface area contributed by atoms with E-state index in [2.05, 4.69) is 17.2 Å². The smallest absolute Gasteiger partial charge is 0.353 e. The first-order chi connectivity index (χ1) is 13.5. The van der Waals surface area contributed by atoms with Crippen molar-refractivity contribution in [3.05, 3.63) is 22.7 Å². The number of nitrogen functional groups attached to an aromatic ring is 1. The second-order valence-electron chi connectivity index (χ2n) is 6.92. The number of nitrogens with one attached hydrogen (secondary N) is 1. The van der Waals surface area contributed by atoms with E-state index < -0.39 is 36.5 Å². The Morgan fingerprint density at radius 3 is 2.64 bits per heavy atom. The van der Waals surface area contributed by atoms with E-state index in [4.69, 9.17) is 15.2 Å². The summed E-state index contributed by atoms with van der Waals surface area (Å²) in [5.41, 5.74) is 4.73. The van der Waals surface area contributed by atoms with Gasteiger partial charge in [-0.1, -0.05) is 19.8 Å². The van der Waals surface area contributed by atoms with Gasteiger partial charge >= 0.3 is 5.69 Å². The number of nitrogens with two attached hydrogens (primary N) is 1. The molecule has 1 aromatic rings. The van der Waals surface area contributed by atoms with Crippen molar-refractivity contribution in [3.8, 4) is 0 Å². The highest BCUT2D eigenvalue weighted by molar-refractivity contribution is 5.24. The van der Waals surface area contributed by atoms with Crippen molar-refractivity contribution in [3.63, 3.8) is 0 Å². The molecule has 0 saturated carbocycles. The topological polar surface area (TPSA) is 152 Å². The molecule has 0 spiro atoms. The average Bonchev–Trinajstić information content (AvgIpc) is 2.92. The molecule has 4 atom stereocenters. The third-order valence-electron chi connectivity index (χ3n) is 4.75. The number of unbranched alkanes of at least 4 members (excludes halogenated alkanes) is 3. The van der Waals surface area contributed by atoms with E-state index in [1.54, 1.807) is 0 Å². The fraction of sp³-hybridized carbons (Fsp3) is 0.778. The van der Waals surface area contributed by atoms with Gasteiger partial charge in [0.1, 0.15) is 18.0 Å². The molecule has 1 aliphatic rings. The van der Waals surface area contributed by atoms with Crippen molar-refractivity contribution >= 4 is 5.82 Å². The molecule has 0 aliphatic carbocycles. The highest BCUT2D eigenvalue weighted by atomic mass is 16.7. The van der Waals surface area contributed by atoms with Gasteiger partial charge in [-0.25, -0.2) is 9.36 Å². The van der Waals surface area contributed by atoms with E-state index in [-0.39, 0.29) is 12.4 Å². The van der Waals surface area contributed by atoms with E-state index in [1.165, 1.54) is 25.1 Å². The quantitative estimate of drug-likeness (QED) is 0.282. The van der Waals surface area contributed by atoms with Crippen LogP contribution in [0, 0.1) is 0 Å². The first-order valence-corrected chi connectivity index (χ1v) is 9.81. The molecule has 0 amide bonds. The Bertz CT molecular complexity index is 657. The molecule has 2 heterocycles. The Morgan fingerprint density at radius 2 is 2.04 bits per heavy atom. The number of aliphatic hydroxyl groups excluding tert-OH is 3. The van der Waals surface area contributed by atoms with Gasteiger partial charge in [-0.15, -0.1) is 0 Å². The zero-order valence-electron chi connectivity index (χ0n) is 16.3. The summed E-state index contributed by atoms with van der Waals surface area (Å²) < 4.78 is 12.3. The Balaban J connectivity index is 2.00. The van der Waals surface area contributed by atoms with Crippen LogP contribution >= 0.6 is 0 Å². The van der Waals surface area contributed by atoms with Crippen LogP contribution in [0.25, 0.3) is 0 Å². The summed E-state index contributed by atoms with van der Waals surface area (Å²) in [5, 5.41) is 33.4. The SMILES string of the molecule is CCCCCNCCCCO[C@@]1(n2ccc(N)nc2=O)O[C@H](CO)[C@@H](O)[C@H]1O. The van der Waals surface area contributed by atoms with Gasteiger partial charge in [0.05, 0.1) is 13.2 Å². The molecule has 6 N–H and O–H groups in total. The predicted molar refractivity (Wildman–Crippen MR) is 102 cm³/mol. The van der Waals surface area contributed by atoms with E-state index in [9.17, 15) is 20.1 Å². The molecule has 10 heteroatoms. The second-order valence-corrected chi connectivity index (χ2v) is 6.92. The molecule has 1 aliphatic heterocycles. The van der Waals surface area contributed by atoms with Gasteiger partial charge < -0.3 is 35.8 Å². The summed E-state index contributed by atoms with van der Waals surface area (Å²) in [5.74, 6) is -1.96. The van der Waals surface area contributed by atoms with Gasteiger partial charge in [-0.2, -0.15) is 4.98 Å². The maximum absolute atomic E-state index is 12.3. The highest BCUT2D eigenvalue weighted by Gasteiger charge is 2.57. The molecule has 1 fully saturated rings. The number of ether oxygens (including phenoxy) is 2. The Hall–Kier alpha value is -1.56. The summed E-state index contributed by atoms with van der Waals surface area (Å²) in [4.78, 5) is 15.9. The van der Waals surface area contributed by atoms with Crippen LogP contribution < -0.4 is 16.7 Å². The normalized spacial score (nSPS) is 27.4. The molecule has 10 nitrogen and oxygen atoms in total. The monoisotopic (exact) mass is 400 g/mol. The van der Waals surface area contributed by atoms with Gasteiger partial charge in [0, 0.05) is 6.20 Å². The van der Waals surface area contributed by atoms with Gasteiger partial charge in [-0.3, -0.25) is 0 Å². The Labute approximate surface area is 164 Å². The zero-order valence-corrected chi connectivity index (χ0v) is 16.3. The van der Waals surface area contributed by atoms with Gasteiger partial charge in [0.15, 0.2) is 6.10 Å². The van der Waals surface area contributed by atoms with Crippen LogP contribution in [0.3, 0.4) is 0 Å². The highest BCUT2D eigenvalue weighted by Crippen LogP contribution is 2.36. The number of anilines is 1. The molecule has 0 unspecified atom stereocenters. The summed E-state index contributed by atoms with van der Waals surface area (Å²) in [6.07, 6.45) is 2.19. The standard InChI is InChI=1S/C18H32N4O6/c1-2-3-4-8-20-9-5-6-11-27-18(16(25)15(24)13(12-23)28-18)22-10-7-14(19)21-17(22)26/h7,10,13,15-16,20,23-25H,2-6,8-9,11-12H2,1H3,(H2,19,21,26)/t13-,15-,16-,18-/m1/s1. The lowest BCUT2D eigenvalue weighted by molar-refractivity contribution is -0.318. The Kier molecular flexibility index (Phi) is 8.80. The lowest BCUT2D eigenvalue weighted by atomic mass is 10.1. The van der Waals surface area contributed by atoms with E-state index >= 15 is 0 Å². The van der Waals surface area contributed by atoms with E-state index in [0.29, 0.717) is 6.42 Å². The molecule has 0 aromatic carbocycles. The molecule has 28 heavy (non-hydrogen) atoms. The molecule has 1 aromatic heterocycles. The van der Waals surface area contributed by atoms with Crippen molar-refractivity contribution in [2.24, 2.45) is 0 Å². The first-order valence-electron chi connectivity index (χ1n) is 9.81. The fourth-order valence-corrected chi connectivity index (χ4v) is 3.16. The minimum Gasteiger partial charge on any atom is -0.394 e. The minimum absolute atomic E-state index is 0.0114. The van der Waals surface area contributed by atoms with Crippen molar-refractivity contribution in [1.82, 2.24) is 14.9 Å².